The molecule has 32 heavy (non-hydrogen) atoms. The average Bonchev–Trinajstić information content (AvgIpc) is 2.79. The van der Waals surface area contributed by atoms with Gasteiger partial charge >= 0.3 is 0 Å². The Morgan fingerprint density at radius 1 is 1.00 bits per heavy atom. The van der Waals surface area contributed by atoms with Crippen LogP contribution in [0.4, 0.5) is 5.82 Å². The molecule has 2 aromatic carbocycles. The maximum atomic E-state index is 12.8. The lowest BCUT2D eigenvalue weighted by atomic mass is 10.0. The summed E-state index contributed by atoms with van der Waals surface area (Å²) in [7, 11) is 3.73. The van der Waals surface area contributed by atoms with Gasteiger partial charge in [-0.3, -0.25) is 14.6 Å². The van der Waals surface area contributed by atoms with Crippen molar-refractivity contribution >= 4 is 11.7 Å². The molecule has 0 atom stereocenters. The molecule has 0 radical (unpaired) electrons. The Bertz CT molecular complexity index is 1080. The van der Waals surface area contributed by atoms with Gasteiger partial charge in [0.15, 0.2) is 0 Å². The van der Waals surface area contributed by atoms with Gasteiger partial charge < -0.3 is 4.74 Å². The van der Waals surface area contributed by atoms with Crippen molar-refractivity contribution in [3.63, 3.8) is 0 Å². The zero-order valence-corrected chi connectivity index (χ0v) is 19.0. The Hall–Kier alpha value is -3.25. The third-order valence-electron chi connectivity index (χ3n) is 5.85. The highest BCUT2D eigenvalue weighted by atomic mass is 16.5. The second-order valence-electron chi connectivity index (χ2n) is 8.33. The van der Waals surface area contributed by atoms with Crippen LogP contribution in [-0.4, -0.2) is 41.5 Å². The van der Waals surface area contributed by atoms with Crippen LogP contribution in [0.2, 0.25) is 0 Å². The molecule has 0 unspecified atom stereocenters. The molecule has 6 nitrogen and oxygen atoms in total. The highest BCUT2D eigenvalue weighted by Crippen LogP contribution is 2.28. The standard InChI is InChI=1S/C26H30N4O2/c1-19-23-12-13-25(31)30(15-14-20-10-7-11-22(16-20)32-3)26(23)28-24(27-19)18-29(2)17-21-8-5-4-6-9-21/h4-11,16H,12-15,17-18H2,1-3H3. The molecular formula is C26H30N4O2. The number of methoxy groups -OCH3 is 1. The summed E-state index contributed by atoms with van der Waals surface area (Å²) in [4.78, 5) is 26.5. The van der Waals surface area contributed by atoms with Gasteiger partial charge in [0.05, 0.1) is 13.7 Å². The summed E-state index contributed by atoms with van der Waals surface area (Å²) in [6, 6.07) is 18.4. The van der Waals surface area contributed by atoms with Gasteiger partial charge in [-0.1, -0.05) is 42.5 Å². The highest BCUT2D eigenvalue weighted by Gasteiger charge is 2.28. The third-order valence-corrected chi connectivity index (χ3v) is 5.85. The first-order chi connectivity index (χ1) is 15.5. The normalized spacial score (nSPS) is 13.4. The van der Waals surface area contributed by atoms with Crippen molar-refractivity contribution in [3.05, 3.63) is 82.8 Å². The number of rotatable bonds is 8. The Balaban J connectivity index is 1.52. The lowest BCUT2D eigenvalue weighted by Gasteiger charge is -2.30. The van der Waals surface area contributed by atoms with Crippen molar-refractivity contribution in [1.29, 1.82) is 0 Å². The molecule has 4 rings (SSSR count). The number of nitrogens with zero attached hydrogens (tertiary/aromatic N) is 4. The summed E-state index contributed by atoms with van der Waals surface area (Å²) in [5.74, 6) is 2.48. The number of aromatic nitrogens is 2. The molecule has 0 saturated heterocycles. The molecule has 0 spiro atoms. The first kappa shape index (κ1) is 22.0. The van der Waals surface area contributed by atoms with Crippen molar-refractivity contribution in [2.24, 2.45) is 0 Å². The fourth-order valence-corrected chi connectivity index (χ4v) is 4.20. The van der Waals surface area contributed by atoms with E-state index in [1.807, 2.05) is 36.1 Å². The fraction of sp³-hybridized carbons (Fsp3) is 0.346. The molecular weight excluding hydrogens is 400 g/mol. The summed E-state index contributed by atoms with van der Waals surface area (Å²) in [6.45, 7) is 4.06. The summed E-state index contributed by atoms with van der Waals surface area (Å²) >= 11 is 0. The molecule has 3 aromatic rings. The van der Waals surface area contributed by atoms with Crippen LogP contribution in [0.25, 0.3) is 0 Å². The number of hydrogen-bond acceptors (Lipinski definition) is 5. The van der Waals surface area contributed by atoms with E-state index in [9.17, 15) is 4.79 Å². The van der Waals surface area contributed by atoms with Gasteiger partial charge in [0.25, 0.3) is 0 Å². The number of hydrogen-bond donors (Lipinski definition) is 0. The fourth-order valence-electron chi connectivity index (χ4n) is 4.20. The van der Waals surface area contributed by atoms with Crippen LogP contribution in [0.3, 0.4) is 0 Å². The minimum atomic E-state index is 0.127. The van der Waals surface area contributed by atoms with Gasteiger partial charge in [-0.2, -0.15) is 0 Å². The second kappa shape index (κ2) is 9.92. The first-order valence-electron chi connectivity index (χ1n) is 11.1. The Kier molecular flexibility index (Phi) is 6.81. The minimum Gasteiger partial charge on any atom is -0.497 e. The molecule has 0 N–H and O–H groups in total. The zero-order chi connectivity index (χ0) is 22.5. The number of benzene rings is 2. The quantitative estimate of drug-likeness (QED) is 0.542. The lowest BCUT2D eigenvalue weighted by molar-refractivity contribution is -0.118. The molecule has 2 heterocycles. The first-order valence-corrected chi connectivity index (χ1v) is 11.1. The molecule has 1 aliphatic heterocycles. The number of anilines is 1. The smallest absolute Gasteiger partial charge is 0.228 e. The van der Waals surface area contributed by atoms with E-state index >= 15 is 0 Å². The number of carbonyl (C=O) groups is 1. The number of fused-ring (bicyclic) bond motifs is 1. The second-order valence-corrected chi connectivity index (χ2v) is 8.33. The van der Waals surface area contributed by atoms with Gasteiger partial charge in [0, 0.05) is 30.8 Å². The van der Waals surface area contributed by atoms with Gasteiger partial charge in [-0.15, -0.1) is 0 Å². The van der Waals surface area contributed by atoms with Crippen molar-refractivity contribution in [3.8, 4) is 5.75 Å². The summed E-state index contributed by atoms with van der Waals surface area (Å²) in [6.07, 6.45) is 1.95. The van der Waals surface area contributed by atoms with E-state index in [4.69, 9.17) is 14.7 Å². The van der Waals surface area contributed by atoms with E-state index in [0.29, 0.717) is 25.9 Å². The lowest BCUT2D eigenvalue weighted by Crippen LogP contribution is -2.38. The van der Waals surface area contributed by atoms with Crippen molar-refractivity contribution in [2.75, 3.05) is 25.6 Å². The highest BCUT2D eigenvalue weighted by molar-refractivity contribution is 5.95. The van der Waals surface area contributed by atoms with Gasteiger partial charge in [-0.05, 0) is 50.1 Å². The summed E-state index contributed by atoms with van der Waals surface area (Å²) < 4.78 is 5.33. The predicted octanol–water partition coefficient (Wildman–Crippen LogP) is 3.95. The molecule has 0 saturated carbocycles. The SMILES string of the molecule is COc1cccc(CCN2C(=O)CCc3c(C)nc(CN(C)Cc4ccccc4)nc32)c1. The maximum absolute atomic E-state index is 12.8. The molecule has 1 amide bonds. The predicted molar refractivity (Wildman–Crippen MR) is 126 cm³/mol. The third kappa shape index (κ3) is 5.14. The minimum absolute atomic E-state index is 0.127. The molecule has 166 valence electrons. The van der Waals surface area contributed by atoms with Gasteiger partial charge in [-0.25, -0.2) is 9.97 Å². The summed E-state index contributed by atoms with van der Waals surface area (Å²) in [5, 5.41) is 0. The van der Waals surface area contributed by atoms with E-state index in [2.05, 4.69) is 42.3 Å². The molecule has 6 heteroatoms. The Labute approximate surface area is 189 Å². The van der Waals surface area contributed by atoms with E-state index in [-0.39, 0.29) is 5.91 Å². The van der Waals surface area contributed by atoms with Crippen LogP contribution >= 0.6 is 0 Å². The monoisotopic (exact) mass is 430 g/mol. The molecule has 0 aliphatic carbocycles. The number of amides is 1. The maximum Gasteiger partial charge on any atom is 0.228 e. The number of ether oxygens (including phenoxy) is 1. The Morgan fingerprint density at radius 3 is 2.56 bits per heavy atom. The summed E-state index contributed by atoms with van der Waals surface area (Å²) in [5.41, 5.74) is 4.44. The van der Waals surface area contributed by atoms with Crippen LogP contribution in [0.5, 0.6) is 5.75 Å². The largest absolute Gasteiger partial charge is 0.497 e. The average molecular weight is 431 g/mol. The van der Waals surface area contributed by atoms with E-state index in [0.717, 1.165) is 47.2 Å². The zero-order valence-electron chi connectivity index (χ0n) is 19.0. The molecule has 0 fully saturated rings. The number of aryl methyl sites for hydroxylation is 1. The van der Waals surface area contributed by atoms with Crippen molar-refractivity contribution < 1.29 is 9.53 Å². The van der Waals surface area contributed by atoms with Gasteiger partial charge in [0.1, 0.15) is 17.4 Å². The molecule has 1 aromatic heterocycles. The topological polar surface area (TPSA) is 58.6 Å². The van der Waals surface area contributed by atoms with Crippen LogP contribution in [-0.2, 0) is 30.7 Å². The van der Waals surface area contributed by atoms with Crippen LogP contribution in [0.15, 0.2) is 54.6 Å². The van der Waals surface area contributed by atoms with Crippen LogP contribution in [0.1, 0.15) is 34.6 Å². The van der Waals surface area contributed by atoms with E-state index in [1.54, 1.807) is 7.11 Å². The Morgan fingerprint density at radius 2 is 1.78 bits per heavy atom. The van der Waals surface area contributed by atoms with Crippen molar-refractivity contribution in [2.45, 2.75) is 39.3 Å². The molecule has 0 bridgehead atoms. The van der Waals surface area contributed by atoms with Crippen LogP contribution < -0.4 is 9.64 Å². The van der Waals surface area contributed by atoms with Crippen molar-refractivity contribution in [1.82, 2.24) is 14.9 Å². The number of carbonyl (C=O) groups excluding carboxylic acids is 1. The molecule has 1 aliphatic rings. The van der Waals surface area contributed by atoms with Gasteiger partial charge in [0.2, 0.25) is 5.91 Å². The van der Waals surface area contributed by atoms with Crippen LogP contribution in [0, 0.1) is 6.92 Å². The van der Waals surface area contributed by atoms with E-state index < -0.39 is 0 Å². The van der Waals surface area contributed by atoms with E-state index in [1.165, 1.54) is 5.56 Å².